The maximum Gasteiger partial charge on any atom is 0.225 e. The van der Waals surface area contributed by atoms with E-state index in [0.29, 0.717) is 25.7 Å². The number of hydrogen-bond donors (Lipinski definition) is 0. The molecule has 1 aliphatic carbocycles. The fourth-order valence-corrected chi connectivity index (χ4v) is 2.26. The van der Waals surface area contributed by atoms with E-state index in [2.05, 4.69) is 0 Å². The largest absolute Gasteiger partial charge is 0.343 e. The molecule has 0 N–H and O–H groups in total. The number of carbonyl (C=O) groups excluding carboxylic acids is 1. The number of carbonyl (C=O) groups is 1. The van der Waals surface area contributed by atoms with Crippen molar-refractivity contribution >= 4 is 5.91 Å². The number of rotatable bonds is 3. The summed E-state index contributed by atoms with van der Waals surface area (Å²) in [5.74, 6) is 0.282. The van der Waals surface area contributed by atoms with Crippen LogP contribution in [0.15, 0.2) is 0 Å². The Morgan fingerprint density at radius 3 is 2.20 bits per heavy atom. The molecule has 0 atom stereocenters. The van der Waals surface area contributed by atoms with Crippen LogP contribution in [0.2, 0.25) is 0 Å². The lowest BCUT2D eigenvalue weighted by atomic mass is 9.80. The highest BCUT2D eigenvalue weighted by molar-refractivity contribution is 5.78. The van der Waals surface area contributed by atoms with Gasteiger partial charge >= 0.3 is 0 Å². The number of alkyl halides is 1. The van der Waals surface area contributed by atoms with E-state index in [9.17, 15) is 9.18 Å². The van der Waals surface area contributed by atoms with Crippen molar-refractivity contribution < 1.29 is 9.18 Å². The number of amides is 1. The fraction of sp³-hybridized carbons (Fsp3) is 0.917. The summed E-state index contributed by atoms with van der Waals surface area (Å²) < 4.78 is 13.5. The average Bonchev–Trinajstić information content (AvgIpc) is 2.19. The normalized spacial score (nSPS) is 31.3. The molecule has 1 rings (SSSR count). The van der Waals surface area contributed by atoms with Crippen molar-refractivity contribution in [3.63, 3.8) is 0 Å². The molecule has 88 valence electrons. The Balaban J connectivity index is 2.49. The third-order valence-corrected chi connectivity index (χ3v) is 3.45. The molecule has 0 saturated heterocycles. The zero-order valence-electron chi connectivity index (χ0n) is 10.1. The highest BCUT2D eigenvalue weighted by Crippen LogP contribution is 2.35. The van der Waals surface area contributed by atoms with E-state index in [-0.39, 0.29) is 11.8 Å². The van der Waals surface area contributed by atoms with Crippen molar-refractivity contribution in [1.29, 1.82) is 0 Å². The van der Waals surface area contributed by atoms with Crippen molar-refractivity contribution in [3.05, 3.63) is 0 Å². The molecule has 0 aromatic heterocycles. The highest BCUT2D eigenvalue weighted by Gasteiger charge is 2.34. The Bertz CT molecular complexity index is 214. The van der Waals surface area contributed by atoms with Crippen LogP contribution in [-0.2, 0) is 4.79 Å². The van der Waals surface area contributed by atoms with Crippen molar-refractivity contribution in [2.45, 2.75) is 52.1 Å². The second kappa shape index (κ2) is 4.95. The van der Waals surface area contributed by atoms with Gasteiger partial charge in [0.25, 0.3) is 0 Å². The topological polar surface area (TPSA) is 20.3 Å². The lowest BCUT2D eigenvalue weighted by Crippen LogP contribution is -2.39. The SMILES string of the molecule is CCN(CC)C(=O)C1CCC(C)(F)CC1. The number of nitrogens with zero attached hydrogens (tertiary/aromatic N) is 1. The summed E-state index contributed by atoms with van der Waals surface area (Å²) in [6, 6.07) is 0. The smallest absolute Gasteiger partial charge is 0.225 e. The zero-order valence-corrected chi connectivity index (χ0v) is 10.1. The molecule has 3 heteroatoms. The van der Waals surface area contributed by atoms with Gasteiger partial charge in [-0.3, -0.25) is 4.79 Å². The lowest BCUT2D eigenvalue weighted by molar-refractivity contribution is -0.137. The zero-order chi connectivity index (χ0) is 11.5. The van der Waals surface area contributed by atoms with Crippen molar-refractivity contribution in [1.82, 2.24) is 4.90 Å². The molecule has 2 nitrogen and oxygen atoms in total. The third-order valence-electron chi connectivity index (χ3n) is 3.45. The predicted molar refractivity (Wildman–Crippen MR) is 59.4 cm³/mol. The molecule has 0 aromatic rings. The second-order valence-corrected chi connectivity index (χ2v) is 4.70. The maximum atomic E-state index is 13.5. The molecule has 1 amide bonds. The van der Waals surface area contributed by atoms with Gasteiger partial charge in [-0.05, 0) is 46.5 Å². The number of halogens is 1. The van der Waals surface area contributed by atoms with Crippen LogP contribution in [0.4, 0.5) is 4.39 Å². The first kappa shape index (κ1) is 12.5. The first-order chi connectivity index (χ1) is 7.00. The molecule has 0 radical (unpaired) electrons. The van der Waals surface area contributed by atoms with Crippen LogP contribution in [0.5, 0.6) is 0 Å². The van der Waals surface area contributed by atoms with E-state index in [1.807, 2.05) is 18.7 Å². The van der Waals surface area contributed by atoms with Crippen LogP contribution in [0.1, 0.15) is 46.5 Å². The summed E-state index contributed by atoms with van der Waals surface area (Å²) in [6.45, 7) is 7.15. The van der Waals surface area contributed by atoms with E-state index >= 15 is 0 Å². The summed E-state index contributed by atoms with van der Waals surface area (Å²) in [7, 11) is 0. The van der Waals surface area contributed by atoms with Crippen LogP contribution in [0, 0.1) is 5.92 Å². The average molecular weight is 215 g/mol. The number of hydrogen-bond acceptors (Lipinski definition) is 1. The summed E-state index contributed by atoms with van der Waals surface area (Å²) in [4.78, 5) is 13.8. The maximum absolute atomic E-state index is 13.5. The molecule has 1 saturated carbocycles. The molecule has 0 aromatic carbocycles. The van der Waals surface area contributed by atoms with Crippen LogP contribution < -0.4 is 0 Å². The molecule has 0 aliphatic heterocycles. The van der Waals surface area contributed by atoms with Gasteiger partial charge in [0.15, 0.2) is 0 Å². The Hall–Kier alpha value is -0.600. The van der Waals surface area contributed by atoms with Gasteiger partial charge in [0.1, 0.15) is 5.67 Å². The molecule has 0 bridgehead atoms. The monoisotopic (exact) mass is 215 g/mol. The van der Waals surface area contributed by atoms with E-state index in [4.69, 9.17) is 0 Å². The Labute approximate surface area is 91.8 Å². The Kier molecular flexibility index (Phi) is 4.12. The molecule has 1 fully saturated rings. The summed E-state index contributed by atoms with van der Waals surface area (Å²) in [5.41, 5.74) is -1.04. The summed E-state index contributed by atoms with van der Waals surface area (Å²) in [6.07, 6.45) is 2.49. The Morgan fingerprint density at radius 2 is 1.80 bits per heavy atom. The van der Waals surface area contributed by atoms with E-state index in [0.717, 1.165) is 13.1 Å². The van der Waals surface area contributed by atoms with Crippen LogP contribution in [0.3, 0.4) is 0 Å². The quantitative estimate of drug-likeness (QED) is 0.709. The van der Waals surface area contributed by atoms with Gasteiger partial charge in [-0.25, -0.2) is 4.39 Å². The van der Waals surface area contributed by atoms with Gasteiger partial charge in [0.05, 0.1) is 0 Å². The van der Waals surface area contributed by atoms with Crippen LogP contribution in [0.25, 0.3) is 0 Å². The Morgan fingerprint density at radius 1 is 1.33 bits per heavy atom. The molecule has 15 heavy (non-hydrogen) atoms. The lowest BCUT2D eigenvalue weighted by Gasteiger charge is -2.33. The van der Waals surface area contributed by atoms with E-state index in [1.165, 1.54) is 0 Å². The van der Waals surface area contributed by atoms with Gasteiger partial charge in [-0.15, -0.1) is 0 Å². The summed E-state index contributed by atoms with van der Waals surface area (Å²) in [5, 5.41) is 0. The molecular formula is C12H22FNO. The van der Waals surface area contributed by atoms with Crippen LogP contribution in [-0.4, -0.2) is 29.6 Å². The van der Waals surface area contributed by atoms with E-state index < -0.39 is 5.67 Å². The van der Waals surface area contributed by atoms with Gasteiger partial charge in [-0.2, -0.15) is 0 Å². The molecular weight excluding hydrogens is 193 g/mol. The minimum absolute atomic E-state index is 0.0636. The first-order valence-electron chi connectivity index (χ1n) is 5.98. The van der Waals surface area contributed by atoms with Crippen LogP contribution >= 0.6 is 0 Å². The fourth-order valence-electron chi connectivity index (χ4n) is 2.26. The minimum atomic E-state index is -1.04. The minimum Gasteiger partial charge on any atom is -0.343 e. The molecule has 1 aliphatic rings. The van der Waals surface area contributed by atoms with Crippen molar-refractivity contribution in [2.75, 3.05) is 13.1 Å². The first-order valence-corrected chi connectivity index (χ1v) is 5.98. The van der Waals surface area contributed by atoms with Gasteiger partial charge in [-0.1, -0.05) is 0 Å². The molecule has 0 spiro atoms. The predicted octanol–water partition coefficient (Wildman–Crippen LogP) is 2.77. The standard InChI is InChI=1S/C12H22FNO/c1-4-14(5-2)11(15)10-6-8-12(3,13)9-7-10/h10H,4-9H2,1-3H3. The summed E-state index contributed by atoms with van der Waals surface area (Å²) >= 11 is 0. The molecule has 0 unspecified atom stereocenters. The second-order valence-electron chi connectivity index (χ2n) is 4.70. The van der Waals surface area contributed by atoms with Gasteiger partial charge in [0.2, 0.25) is 5.91 Å². The van der Waals surface area contributed by atoms with Crippen molar-refractivity contribution in [2.24, 2.45) is 5.92 Å². The van der Waals surface area contributed by atoms with E-state index in [1.54, 1.807) is 6.92 Å². The van der Waals surface area contributed by atoms with Gasteiger partial charge in [0, 0.05) is 19.0 Å². The van der Waals surface area contributed by atoms with Gasteiger partial charge < -0.3 is 4.90 Å². The molecule has 0 heterocycles. The third kappa shape index (κ3) is 3.18. The van der Waals surface area contributed by atoms with Crippen molar-refractivity contribution in [3.8, 4) is 0 Å². The highest BCUT2D eigenvalue weighted by atomic mass is 19.1.